The van der Waals surface area contributed by atoms with E-state index >= 15 is 0 Å². The molecule has 0 saturated carbocycles. The maximum atomic E-state index is 13.0. The minimum atomic E-state index is -1.46. The maximum absolute atomic E-state index is 13.0. The number of nitrogens with one attached hydrogen (secondary N) is 1. The fourth-order valence-corrected chi connectivity index (χ4v) is 1.61. The smallest absolute Gasteiger partial charge is 0.194 e. The summed E-state index contributed by atoms with van der Waals surface area (Å²) in [6, 6.07) is 2.09. The van der Waals surface area contributed by atoms with Crippen LogP contribution in [0.15, 0.2) is 24.5 Å². The van der Waals surface area contributed by atoms with E-state index in [4.69, 9.17) is 0 Å². The van der Waals surface area contributed by atoms with Crippen molar-refractivity contribution < 1.29 is 13.2 Å². The molecule has 1 aromatic heterocycles. The highest BCUT2D eigenvalue weighted by Gasteiger charge is 2.10. The minimum absolute atomic E-state index is 0.189. The number of rotatable bonds is 4. The summed E-state index contributed by atoms with van der Waals surface area (Å²) in [5, 5.41) is 6.97. The summed E-state index contributed by atoms with van der Waals surface area (Å²) in [6.45, 7) is 4.35. The molecule has 0 amide bonds. The van der Waals surface area contributed by atoms with Gasteiger partial charge in [-0.25, -0.2) is 13.2 Å². The van der Waals surface area contributed by atoms with Crippen molar-refractivity contribution in [3.05, 3.63) is 47.5 Å². The number of hydrogen-bond acceptors (Lipinski definition) is 2. The van der Waals surface area contributed by atoms with Crippen LogP contribution in [0.3, 0.4) is 0 Å². The zero-order chi connectivity index (χ0) is 14.0. The molecule has 0 aliphatic carbocycles. The summed E-state index contributed by atoms with van der Waals surface area (Å²) in [6.07, 6.45) is 3.51. The van der Waals surface area contributed by atoms with Crippen LogP contribution in [0.1, 0.15) is 25.5 Å². The molecule has 6 heteroatoms. The lowest BCUT2D eigenvalue weighted by Gasteiger charge is -2.06. The predicted octanol–water partition coefficient (Wildman–Crippen LogP) is 3.49. The van der Waals surface area contributed by atoms with Gasteiger partial charge in [0.1, 0.15) is 0 Å². The first kappa shape index (κ1) is 13.5. The number of anilines is 1. The molecule has 0 atom stereocenters. The van der Waals surface area contributed by atoms with Crippen LogP contribution in [-0.2, 0) is 6.54 Å². The van der Waals surface area contributed by atoms with Gasteiger partial charge in [-0.05, 0) is 13.8 Å². The molecule has 0 bridgehead atoms. The molecule has 1 aromatic carbocycles. The Kier molecular flexibility index (Phi) is 3.78. The molecule has 3 nitrogen and oxygen atoms in total. The van der Waals surface area contributed by atoms with Gasteiger partial charge in [-0.15, -0.1) is 0 Å². The summed E-state index contributed by atoms with van der Waals surface area (Å²) in [4.78, 5) is 0. The number of hydrogen-bond donors (Lipinski definition) is 1. The SMILES string of the molecule is CC(C)n1cc(CNc2cc(F)c(F)c(F)c2)cn1. The van der Waals surface area contributed by atoms with E-state index < -0.39 is 17.5 Å². The largest absolute Gasteiger partial charge is 0.381 e. The van der Waals surface area contributed by atoms with Gasteiger partial charge in [-0.2, -0.15) is 5.10 Å². The lowest BCUT2D eigenvalue weighted by Crippen LogP contribution is -2.02. The standard InChI is InChI=1S/C13H14F3N3/c1-8(2)19-7-9(6-18-19)5-17-10-3-11(14)13(16)12(15)4-10/h3-4,6-8,17H,5H2,1-2H3. The van der Waals surface area contributed by atoms with Crippen LogP contribution < -0.4 is 5.32 Å². The third-order valence-corrected chi connectivity index (χ3v) is 2.66. The van der Waals surface area contributed by atoms with Gasteiger partial charge in [0.25, 0.3) is 0 Å². The van der Waals surface area contributed by atoms with E-state index in [1.807, 2.05) is 20.0 Å². The Morgan fingerprint density at radius 2 is 1.84 bits per heavy atom. The molecular formula is C13H14F3N3. The molecule has 102 valence electrons. The van der Waals surface area contributed by atoms with Gasteiger partial charge < -0.3 is 5.32 Å². The molecule has 0 aliphatic heterocycles. The van der Waals surface area contributed by atoms with Crippen LogP contribution in [-0.4, -0.2) is 9.78 Å². The van der Waals surface area contributed by atoms with E-state index in [2.05, 4.69) is 10.4 Å². The highest BCUT2D eigenvalue weighted by atomic mass is 19.2. The quantitative estimate of drug-likeness (QED) is 0.861. The second-order valence-corrected chi connectivity index (χ2v) is 4.53. The Bertz CT molecular complexity index is 555. The number of aromatic nitrogens is 2. The first-order valence-electron chi connectivity index (χ1n) is 5.89. The van der Waals surface area contributed by atoms with Gasteiger partial charge in [0, 0.05) is 42.2 Å². The summed E-state index contributed by atoms with van der Waals surface area (Å²) in [7, 11) is 0. The summed E-state index contributed by atoms with van der Waals surface area (Å²) in [5.74, 6) is -3.88. The molecule has 19 heavy (non-hydrogen) atoms. The maximum Gasteiger partial charge on any atom is 0.194 e. The van der Waals surface area contributed by atoms with Crippen LogP contribution in [0.5, 0.6) is 0 Å². The Hall–Kier alpha value is -1.98. The minimum Gasteiger partial charge on any atom is -0.381 e. The average molecular weight is 269 g/mol. The normalized spacial score (nSPS) is 11.1. The van der Waals surface area contributed by atoms with Crippen LogP contribution >= 0.6 is 0 Å². The molecule has 0 saturated heterocycles. The fraction of sp³-hybridized carbons (Fsp3) is 0.308. The molecular weight excluding hydrogens is 255 g/mol. The molecule has 1 heterocycles. The van der Waals surface area contributed by atoms with Crippen LogP contribution in [0.4, 0.5) is 18.9 Å². The molecule has 0 aliphatic rings. The van der Waals surface area contributed by atoms with E-state index in [1.165, 1.54) is 0 Å². The Balaban J connectivity index is 2.06. The van der Waals surface area contributed by atoms with Gasteiger partial charge >= 0.3 is 0 Å². The molecule has 0 fully saturated rings. The summed E-state index contributed by atoms with van der Waals surface area (Å²) in [5.41, 5.74) is 1.06. The zero-order valence-corrected chi connectivity index (χ0v) is 10.6. The first-order valence-corrected chi connectivity index (χ1v) is 5.89. The van der Waals surface area contributed by atoms with E-state index in [1.54, 1.807) is 10.9 Å². The van der Waals surface area contributed by atoms with Crippen LogP contribution in [0.2, 0.25) is 0 Å². The van der Waals surface area contributed by atoms with Crippen molar-refractivity contribution in [2.75, 3.05) is 5.32 Å². The van der Waals surface area contributed by atoms with Crippen molar-refractivity contribution in [2.24, 2.45) is 0 Å². The highest BCUT2D eigenvalue weighted by Crippen LogP contribution is 2.18. The van der Waals surface area contributed by atoms with Crippen molar-refractivity contribution in [2.45, 2.75) is 26.4 Å². The summed E-state index contributed by atoms with van der Waals surface area (Å²) >= 11 is 0. The predicted molar refractivity (Wildman–Crippen MR) is 66.3 cm³/mol. The van der Waals surface area contributed by atoms with Gasteiger partial charge in [-0.1, -0.05) is 0 Å². The third-order valence-electron chi connectivity index (χ3n) is 2.66. The number of nitrogens with zero attached hydrogens (tertiary/aromatic N) is 2. The first-order chi connectivity index (χ1) is 8.97. The Morgan fingerprint density at radius 1 is 1.21 bits per heavy atom. The van der Waals surface area contributed by atoms with E-state index in [9.17, 15) is 13.2 Å². The van der Waals surface area contributed by atoms with Crippen LogP contribution in [0.25, 0.3) is 0 Å². The van der Waals surface area contributed by atoms with Gasteiger partial charge in [0.15, 0.2) is 17.5 Å². The Labute approximate surface area is 109 Å². The molecule has 1 N–H and O–H groups in total. The van der Waals surface area contributed by atoms with Crippen molar-refractivity contribution in [1.29, 1.82) is 0 Å². The van der Waals surface area contributed by atoms with Crippen molar-refractivity contribution in [3.63, 3.8) is 0 Å². The number of halogens is 3. The zero-order valence-electron chi connectivity index (χ0n) is 10.6. The second-order valence-electron chi connectivity index (χ2n) is 4.53. The van der Waals surface area contributed by atoms with E-state index in [0.717, 1.165) is 17.7 Å². The second kappa shape index (κ2) is 5.34. The topological polar surface area (TPSA) is 29.9 Å². The van der Waals surface area contributed by atoms with Crippen molar-refractivity contribution in [1.82, 2.24) is 9.78 Å². The van der Waals surface area contributed by atoms with Gasteiger partial charge in [0.2, 0.25) is 0 Å². The molecule has 0 spiro atoms. The monoisotopic (exact) mass is 269 g/mol. The number of benzene rings is 1. The van der Waals surface area contributed by atoms with Gasteiger partial charge in [0.05, 0.1) is 6.20 Å². The molecule has 0 radical (unpaired) electrons. The highest BCUT2D eigenvalue weighted by molar-refractivity contribution is 5.44. The van der Waals surface area contributed by atoms with Crippen molar-refractivity contribution in [3.8, 4) is 0 Å². The molecule has 0 unspecified atom stereocenters. The lowest BCUT2D eigenvalue weighted by atomic mass is 10.2. The fourth-order valence-electron chi connectivity index (χ4n) is 1.61. The average Bonchev–Trinajstić information content (AvgIpc) is 2.82. The molecule has 2 aromatic rings. The van der Waals surface area contributed by atoms with E-state index in [-0.39, 0.29) is 11.7 Å². The van der Waals surface area contributed by atoms with E-state index in [0.29, 0.717) is 6.54 Å². The molecule has 2 rings (SSSR count). The summed E-state index contributed by atoms with van der Waals surface area (Å²) < 4.78 is 40.6. The van der Waals surface area contributed by atoms with Gasteiger partial charge in [-0.3, -0.25) is 4.68 Å². The van der Waals surface area contributed by atoms with Crippen molar-refractivity contribution >= 4 is 5.69 Å². The third kappa shape index (κ3) is 3.07. The lowest BCUT2D eigenvalue weighted by molar-refractivity contribution is 0.447. The van der Waals surface area contributed by atoms with Crippen LogP contribution in [0, 0.1) is 17.5 Å². The Morgan fingerprint density at radius 3 is 2.37 bits per heavy atom.